The largest absolute Gasteiger partial charge is 0.376 e. The van der Waals surface area contributed by atoms with Gasteiger partial charge in [0, 0.05) is 30.3 Å². The molecular formula is C24H23N3O2S2. The highest BCUT2D eigenvalue weighted by Crippen LogP contribution is 2.28. The van der Waals surface area contributed by atoms with E-state index in [9.17, 15) is 4.79 Å². The van der Waals surface area contributed by atoms with E-state index < -0.39 is 0 Å². The van der Waals surface area contributed by atoms with Crippen LogP contribution in [0.1, 0.15) is 40.9 Å². The van der Waals surface area contributed by atoms with Crippen LogP contribution in [0.3, 0.4) is 0 Å². The molecule has 0 radical (unpaired) electrons. The van der Waals surface area contributed by atoms with E-state index >= 15 is 0 Å². The Morgan fingerprint density at radius 2 is 2.03 bits per heavy atom. The first-order chi connectivity index (χ1) is 15.3. The van der Waals surface area contributed by atoms with Gasteiger partial charge in [-0.2, -0.15) is 0 Å². The Kier molecular flexibility index (Phi) is 6.06. The van der Waals surface area contributed by atoms with E-state index in [-0.39, 0.29) is 12.0 Å². The van der Waals surface area contributed by atoms with Crippen molar-refractivity contribution in [2.75, 3.05) is 13.2 Å². The molecule has 1 amide bonds. The molecule has 31 heavy (non-hydrogen) atoms. The molecule has 4 aromatic rings. The number of carbonyl (C=O) groups is 1. The number of pyridine rings is 1. The maximum Gasteiger partial charge on any atom is 0.270 e. The highest BCUT2D eigenvalue weighted by atomic mass is 32.1. The number of thiazole rings is 1. The van der Waals surface area contributed by atoms with Crippen molar-refractivity contribution >= 4 is 38.8 Å². The summed E-state index contributed by atoms with van der Waals surface area (Å²) in [5.41, 5.74) is 4.79. The molecular weight excluding hydrogens is 426 g/mol. The number of nitrogens with zero attached hydrogens (tertiary/aromatic N) is 2. The Morgan fingerprint density at radius 3 is 2.81 bits per heavy atom. The maximum atomic E-state index is 12.8. The van der Waals surface area contributed by atoms with E-state index in [1.807, 2.05) is 29.1 Å². The Morgan fingerprint density at radius 1 is 1.13 bits per heavy atom. The molecule has 1 aromatic carbocycles. The van der Waals surface area contributed by atoms with Crippen LogP contribution < -0.4 is 5.32 Å². The van der Waals surface area contributed by atoms with Gasteiger partial charge in [-0.3, -0.25) is 4.79 Å². The molecule has 3 aromatic heterocycles. The van der Waals surface area contributed by atoms with E-state index in [0.29, 0.717) is 12.2 Å². The second-order valence-corrected chi connectivity index (χ2v) is 9.52. The van der Waals surface area contributed by atoms with Crippen molar-refractivity contribution in [3.05, 3.63) is 70.2 Å². The molecule has 1 aliphatic heterocycles. The monoisotopic (exact) mass is 449 g/mol. The smallest absolute Gasteiger partial charge is 0.270 e. The first-order valence-electron chi connectivity index (χ1n) is 10.5. The van der Waals surface area contributed by atoms with Crippen LogP contribution in [0.2, 0.25) is 0 Å². The number of hydrogen-bond donors (Lipinski definition) is 1. The lowest BCUT2D eigenvalue weighted by molar-refractivity contribution is 0.0168. The topological polar surface area (TPSA) is 64.1 Å². The minimum Gasteiger partial charge on any atom is -0.376 e. The first-order valence-corrected chi connectivity index (χ1v) is 12.3. The standard InChI is InChI=1S/C24H23N3O2S2/c28-23(26-15-19-3-1-2-10-29-19)21-14-18(22-20(27-21)8-11-30-22)13-16-4-6-17(7-5-16)24-25-9-12-31-24/h4-9,11-12,14,19H,1-3,10,13,15H2,(H,26,28). The molecule has 4 heterocycles. The number of amides is 1. The van der Waals surface area contributed by atoms with Gasteiger partial charge >= 0.3 is 0 Å². The molecule has 0 aliphatic carbocycles. The molecule has 7 heteroatoms. The normalized spacial score (nSPS) is 16.5. The third-order valence-electron chi connectivity index (χ3n) is 5.51. The molecule has 0 spiro atoms. The third-order valence-corrected chi connectivity index (χ3v) is 7.31. The van der Waals surface area contributed by atoms with Crippen LogP contribution in [0.25, 0.3) is 20.8 Å². The fourth-order valence-corrected chi connectivity index (χ4v) is 5.38. The summed E-state index contributed by atoms with van der Waals surface area (Å²) in [6.45, 7) is 1.32. The van der Waals surface area contributed by atoms with Crippen molar-refractivity contribution in [1.82, 2.24) is 15.3 Å². The summed E-state index contributed by atoms with van der Waals surface area (Å²) >= 11 is 3.31. The van der Waals surface area contributed by atoms with Crippen molar-refractivity contribution in [3.8, 4) is 10.6 Å². The molecule has 158 valence electrons. The number of aromatic nitrogens is 2. The minimum atomic E-state index is -0.136. The fraction of sp³-hybridized carbons (Fsp3) is 0.292. The number of ether oxygens (including phenoxy) is 1. The van der Waals surface area contributed by atoms with Gasteiger partial charge < -0.3 is 10.1 Å². The lowest BCUT2D eigenvalue weighted by Crippen LogP contribution is -2.35. The number of hydrogen-bond acceptors (Lipinski definition) is 6. The molecule has 0 saturated carbocycles. The fourth-order valence-electron chi connectivity index (χ4n) is 3.89. The minimum absolute atomic E-state index is 0.110. The molecule has 5 rings (SSSR count). The van der Waals surface area contributed by atoms with Gasteiger partial charge in [0.15, 0.2) is 0 Å². The van der Waals surface area contributed by atoms with Crippen molar-refractivity contribution < 1.29 is 9.53 Å². The van der Waals surface area contributed by atoms with Crippen LogP contribution in [-0.2, 0) is 11.2 Å². The zero-order valence-corrected chi connectivity index (χ0v) is 18.7. The summed E-state index contributed by atoms with van der Waals surface area (Å²) in [6, 6.07) is 12.4. The third kappa shape index (κ3) is 4.69. The molecule has 0 bridgehead atoms. The summed E-state index contributed by atoms with van der Waals surface area (Å²) < 4.78 is 6.86. The zero-order valence-electron chi connectivity index (χ0n) is 17.0. The second-order valence-electron chi connectivity index (χ2n) is 7.71. The summed E-state index contributed by atoms with van der Waals surface area (Å²) in [5, 5.41) is 8.05. The van der Waals surface area contributed by atoms with Crippen LogP contribution in [0.5, 0.6) is 0 Å². The molecule has 1 atom stereocenters. The Bertz CT molecular complexity index is 1160. The number of rotatable bonds is 6. The van der Waals surface area contributed by atoms with Crippen molar-refractivity contribution in [1.29, 1.82) is 0 Å². The first kappa shape index (κ1) is 20.3. The van der Waals surface area contributed by atoms with Gasteiger partial charge in [0.2, 0.25) is 0 Å². The molecule has 1 fully saturated rings. The SMILES string of the molecule is O=C(NCC1CCCCO1)c1cc(Cc2ccc(-c3nccs3)cc2)c2sccc2n1. The summed E-state index contributed by atoms with van der Waals surface area (Å²) in [7, 11) is 0. The van der Waals surface area contributed by atoms with Gasteiger partial charge in [0.25, 0.3) is 5.91 Å². The number of nitrogens with one attached hydrogen (secondary N) is 1. The molecule has 1 N–H and O–H groups in total. The molecule has 5 nitrogen and oxygen atoms in total. The van der Waals surface area contributed by atoms with Gasteiger partial charge in [-0.1, -0.05) is 24.3 Å². The van der Waals surface area contributed by atoms with E-state index in [2.05, 4.69) is 39.6 Å². The second kappa shape index (κ2) is 9.26. The number of thiophene rings is 1. The van der Waals surface area contributed by atoms with Crippen LogP contribution in [-0.4, -0.2) is 35.1 Å². The van der Waals surface area contributed by atoms with Crippen molar-refractivity contribution in [2.45, 2.75) is 31.8 Å². The Hall–Kier alpha value is -2.61. The van der Waals surface area contributed by atoms with Crippen LogP contribution >= 0.6 is 22.7 Å². The highest BCUT2D eigenvalue weighted by molar-refractivity contribution is 7.17. The zero-order chi connectivity index (χ0) is 21.0. The Balaban J connectivity index is 1.34. The lowest BCUT2D eigenvalue weighted by atomic mass is 10.0. The van der Waals surface area contributed by atoms with Crippen LogP contribution in [0.15, 0.2) is 53.4 Å². The van der Waals surface area contributed by atoms with Gasteiger partial charge in [-0.15, -0.1) is 22.7 Å². The Labute approximate surface area is 189 Å². The number of fused-ring (bicyclic) bond motifs is 1. The van der Waals surface area contributed by atoms with Gasteiger partial charge in [0.1, 0.15) is 10.7 Å². The van der Waals surface area contributed by atoms with Crippen LogP contribution in [0, 0.1) is 0 Å². The molecule has 1 saturated heterocycles. The van der Waals surface area contributed by atoms with Crippen molar-refractivity contribution in [3.63, 3.8) is 0 Å². The van der Waals surface area contributed by atoms with Gasteiger partial charge in [0.05, 0.1) is 16.3 Å². The lowest BCUT2D eigenvalue weighted by Gasteiger charge is -2.22. The van der Waals surface area contributed by atoms with E-state index in [0.717, 1.165) is 58.6 Å². The average Bonchev–Trinajstić information content (AvgIpc) is 3.51. The predicted octanol–water partition coefficient (Wildman–Crippen LogP) is 5.31. The summed E-state index contributed by atoms with van der Waals surface area (Å²) in [4.78, 5) is 21.8. The quantitative estimate of drug-likeness (QED) is 0.433. The van der Waals surface area contributed by atoms with E-state index in [1.54, 1.807) is 22.7 Å². The molecule has 1 aliphatic rings. The average molecular weight is 450 g/mol. The maximum absolute atomic E-state index is 12.8. The van der Waals surface area contributed by atoms with Gasteiger partial charge in [-0.25, -0.2) is 9.97 Å². The van der Waals surface area contributed by atoms with E-state index in [4.69, 9.17) is 4.74 Å². The summed E-state index contributed by atoms with van der Waals surface area (Å²) in [6.07, 6.45) is 5.95. The number of benzene rings is 1. The van der Waals surface area contributed by atoms with Crippen molar-refractivity contribution in [2.24, 2.45) is 0 Å². The predicted molar refractivity (Wildman–Crippen MR) is 126 cm³/mol. The van der Waals surface area contributed by atoms with Crippen LogP contribution in [0.4, 0.5) is 0 Å². The highest BCUT2D eigenvalue weighted by Gasteiger charge is 2.17. The molecule has 1 unspecified atom stereocenters. The summed E-state index contributed by atoms with van der Waals surface area (Å²) in [5.74, 6) is -0.136. The van der Waals surface area contributed by atoms with E-state index in [1.165, 1.54) is 5.56 Å². The number of carbonyl (C=O) groups excluding carboxylic acids is 1. The van der Waals surface area contributed by atoms with Gasteiger partial charge in [-0.05, 0) is 54.3 Å².